The minimum Gasteiger partial charge on any atom is -0.493 e. The standard InChI is InChI=1S/C29H39N3O8/c1-14(2)24(28(36)37)32-27(35)19(31-16(4)33)13-22(34)39-21-9-7-18-15(3)12-17-6-8-20(38-5)25-23(17)29(18,10-11-30)26(21)40-25/h6-9,14-15,18-19,21,24,26H,10-13,30H2,1-5H3,(H,31,33)(H,32,35)(H,36,37)/t15-,18?,19?,21+,24?,26+,29+/m1/s1. The Kier molecular flexibility index (Phi) is 8.44. The Morgan fingerprint density at radius 3 is 2.52 bits per heavy atom. The molecule has 2 aliphatic carbocycles. The molecule has 0 fully saturated rings. The van der Waals surface area contributed by atoms with Crippen molar-refractivity contribution in [3.8, 4) is 11.5 Å². The third-order valence-corrected chi connectivity index (χ3v) is 8.32. The predicted molar refractivity (Wildman–Crippen MR) is 145 cm³/mol. The number of aliphatic carboxylic acids is 1. The van der Waals surface area contributed by atoms with Crippen molar-refractivity contribution in [1.29, 1.82) is 0 Å². The number of esters is 1. The minimum atomic E-state index is -1.31. The third kappa shape index (κ3) is 5.14. The van der Waals surface area contributed by atoms with Gasteiger partial charge in [0.05, 0.1) is 13.5 Å². The first-order valence-corrected chi connectivity index (χ1v) is 13.7. The van der Waals surface area contributed by atoms with Gasteiger partial charge in [-0.3, -0.25) is 14.4 Å². The number of nitrogens with one attached hydrogen (secondary N) is 2. The Morgan fingerprint density at radius 2 is 1.93 bits per heavy atom. The Labute approximate surface area is 233 Å². The van der Waals surface area contributed by atoms with Crippen LogP contribution in [0.4, 0.5) is 0 Å². The van der Waals surface area contributed by atoms with Gasteiger partial charge in [0, 0.05) is 17.9 Å². The zero-order chi connectivity index (χ0) is 29.4. The molecule has 0 spiro atoms. The summed E-state index contributed by atoms with van der Waals surface area (Å²) in [6.07, 6.45) is 3.55. The summed E-state index contributed by atoms with van der Waals surface area (Å²) in [5.74, 6) is -2.04. The SMILES string of the molecule is COc1ccc2c3c1O[C@H]1[C@@H](OC(=O)CC(NC(C)=O)C(=O)NC(C(=O)O)C(C)C)C=CC([C@H](C)C2)[C@@]31CCN. The number of carboxylic acid groups (broad SMARTS) is 1. The van der Waals surface area contributed by atoms with Crippen LogP contribution in [0, 0.1) is 17.8 Å². The van der Waals surface area contributed by atoms with Crippen LogP contribution in [0.25, 0.3) is 0 Å². The lowest BCUT2D eigenvalue weighted by molar-refractivity contribution is -0.155. The average molecular weight is 558 g/mol. The number of hydrogen-bond donors (Lipinski definition) is 4. The van der Waals surface area contributed by atoms with Gasteiger partial charge in [-0.15, -0.1) is 0 Å². The van der Waals surface area contributed by atoms with Crippen LogP contribution in [0.1, 0.15) is 51.7 Å². The topological polar surface area (TPSA) is 166 Å². The molecule has 11 nitrogen and oxygen atoms in total. The molecular weight excluding hydrogens is 518 g/mol. The maximum absolute atomic E-state index is 13.2. The van der Waals surface area contributed by atoms with Gasteiger partial charge in [0.15, 0.2) is 17.6 Å². The number of rotatable bonds is 11. The van der Waals surface area contributed by atoms with Crippen molar-refractivity contribution < 1.29 is 38.5 Å². The molecule has 0 aromatic heterocycles. The Hall–Kier alpha value is -3.60. The van der Waals surface area contributed by atoms with Crippen molar-refractivity contribution in [3.05, 3.63) is 35.4 Å². The van der Waals surface area contributed by atoms with Gasteiger partial charge in [-0.25, -0.2) is 4.79 Å². The second kappa shape index (κ2) is 11.5. The molecule has 5 N–H and O–H groups in total. The summed E-state index contributed by atoms with van der Waals surface area (Å²) >= 11 is 0. The quantitative estimate of drug-likeness (QED) is 0.233. The van der Waals surface area contributed by atoms with Gasteiger partial charge in [-0.2, -0.15) is 0 Å². The average Bonchev–Trinajstić information content (AvgIpc) is 3.23. The molecule has 1 aromatic carbocycles. The van der Waals surface area contributed by atoms with E-state index in [-0.39, 0.29) is 5.92 Å². The van der Waals surface area contributed by atoms with Gasteiger partial charge in [-0.05, 0) is 54.8 Å². The molecule has 218 valence electrons. The first-order valence-electron chi connectivity index (χ1n) is 13.7. The van der Waals surface area contributed by atoms with Crippen LogP contribution < -0.4 is 25.8 Å². The molecule has 7 atom stereocenters. The van der Waals surface area contributed by atoms with Crippen molar-refractivity contribution in [3.63, 3.8) is 0 Å². The summed E-state index contributed by atoms with van der Waals surface area (Å²) in [5, 5.41) is 14.3. The van der Waals surface area contributed by atoms with E-state index in [2.05, 4.69) is 29.7 Å². The van der Waals surface area contributed by atoms with E-state index in [0.29, 0.717) is 30.4 Å². The van der Waals surface area contributed by atoms with Crippen LogP contribution in [-0.2, 0) is 35.8 Å². The highest BCUT2D eigenvalue weighted by Gasteiger charge is 2.62. The number of hydrogen-bond acceptors (Lipinski definition) is 8. The van der Waals surface area contributed by atoms with Crippen molar-refractivity contribution in [2.45, 2.75) is 76.7 Å². The van der Waals surface area contributed by atoms with Crippen LogP contribution in [0.2, 0.25) is 0 Å². The summed E-state index contributed by atoms with van der Waals surface area (Å²) in [4.78, 5) is 49.6. The van der Waals surface area contributed by atoms with Crippen LogP contribution in [0.3, 0.4) is 0 Å². The normalized spacial score (nSPS) is 27.2. The lowest BCUT2D eigenvalue weighted by atomic mass is 9.54. The molecule has 3 aliphatic rings. The fourth-order valence-corrected chi connectivity index (χ4v) is 6.69. The summed E-state index contributed by atoms with van der Waals surface area (Å²) in [7, 11) is 1.58. The first kappa shape index (κ1) is 29.4. The van der Waals surface area contributed by atoms with E-state index in [0.717, 1.165) is 17.5 Å². The molecule has 4 rings (SSSR count). The number of amides is 2. The fraction of sp³-hybridized carbons (Fsp3) is 0.586. The molecule has 0 saturated carbocycles. The molecule has 40 heavy (non-hydrogen) atoms. The fourth-order valence-electron chi connectivity index (χ4n) is 6.69. The second-order valence-corrected chi connectivity index (χ2v) is 11.3. The molecule has 3 unspecified atom stereocenters. The summed E-state index contributed by atoms with van der Waals surface area (Å²) in [5.41, 5.74) is 7.85. The number of benzene rings is 1. The summed E-state index contributed by atoms with van der Waals surface area (Å²) in [6, 6.07) is 1.46. The van der Waals surface area contributed by atoms with Gasteiger partial charge in [0.25, 0.3) is 0 Å². The van der Waals surface area contributed by atoms with E-state index >= 15 is 0 Å². The van der Waals surface area contributed by atoms with Gasteiger partial charge in [0.1, 0.15) is 18.2 Å². The number of ether oxygens (including phenoxy) is 3. The number of methoxy groups -OCH3 is 1. The molecule has 1 heterocycles. The van der Waals surface area contributed by atoms with Crippen LogP contribution in [0.5, 0.6) is 11.5 Å². The molecule has 0 saturated heterocycles. The number of allylic oxidation sites excluding steroid dienone is 1. The Bertz CT molecular complexity index is 1210. The smallest absolute Gasteiger partial charge is 0.326 e. The molecule has 0 bridgehead atoms. The zero-order valence-corrected chi connectivity index (χ0v) is 23.6. The van der Waals surface area contributed by atoms with Crippen molar-refractivity contribution in [1.82, 2.24) is 10.6 Å². The van der Waals surface area contributed by atoms with Crippen molar-refractivity contribution in [2.24, 2.45) is 23.5 Å². The lowest BCUT2D eigenvalue weighted by Crippen LogP contribution is -2.58. The van der Waals surface area contributed by atoms with Gasteiger partial charge in [-0.1, -0.05) is 32.9 Å². The molecule has 1 aliphatic heterocycles. The number of carbonyl (C=O) groups excluding carboxylic acids is 3. The minimum absolute atomic E-state index is 0.110. The third-order valence-electron chi connectivity index (χ3n) is 8.32. The van der Waals surface area contributed by atoms with E-state index in [1.807, 2.05) is 12.1 Å². The zero-order valence-electron chi connectivity index (χ0n) is 23.6. The molecule has 0 radical (unpaired) electrons. The monoisotopic (exact) mass is 557 g/mol. The van der Waals surface area contributed by atoms with Crippen LogP contribution in [-0.4, -0.2) is 66.8 Å². The van der Waals surface area contributed by atoms with Crippen LogP contribution in [0.15, 0.2) is 24.3 Å². The lowest BCUT2D eigenvalue weighted by Gasteiger charge is -2.50. The Morgan fingerprint density at radius 1 is 1.20 bits per heavy atom. The van der Waals surface area contributed by atoms with E-state index in [9.17, 15) is 24.3 Å². The number of nitrogens with two attached hydrogens (primary N) is 1. The van der Waals surface area contributed by atoms with Crippen LogP contribution >= 0.6 is 0 Å². The maximum atomic E-state index is 13.2. The number of carbonyl (C=O) groups is 4. The summed E-state index contributed by atoms with van der Waals surface area (Å²) in [6.45, 7) is 7.10. The van der Waals surface area contributed by atoms with E-state index in [1.54, 1.807) is 21.0 Å². The largest absolute Gasteiger partial charge is 0.493 e. The first-order chi connectivity index (χ1) is 18.9. The van der Waals surface area contributed by atoms with Gasteiger partial charge < -0.3 is 35.7 Å². The second-order valence-electron chi connectivity index (χ2n) is 11.3. The molecule has 1 aromatic rings. The maximum Gasteiger partial charge on any atom is 0.326 e. The van der Waals surface area contributed by atoms with Crippen molar-refractivity contribution in [2.75, 3.05) is 13.7 Å². The number of carboxylic acids is 1. The highest BCUT2D eigenvalue weighted by Crippen LogP contribution is 2.61. The Balaban J connectivity index is 1.60. The van der Waals surface area contributed by atoms with Gasteiger partial charge in [0.2, 0.25) is 11.8 Å². The molecule has 11 heteroatoms. The highest BCUT2D eigenvalue weighted by molar-refractivity contribution is 5.92. The predicted octanol–water partition coefficient (Wildman–Crippen LogP) is 1.45. The van der Waals surface area contributed by atoms with Gasteiger partial charge >= 0.3 is 11.9 Å². The summed E-state index contributed by atoms with van der Waals surface area (Å²) < 4.78 is 18.1. The molecular formula is C29H39N3O8. The van der Waals surface area contributed by atoms with E-state index < -0.39 is 65.8 Å². The highest BCUT2D eigenvalue weighted by atomic mass is 16.6. The van der Waals surface area contributed by atoms with Crippen molar-refractivity contribution >= 4 is 23.8 Å². The van der Waals surface area contributed by atoms with E-state index in [4.69, 9.17) is 19.9 Å². The van der Waals surface area contributed by atoms with E-state index in [1.165, 1.54) is 6.92 Å². The molecule has 2 amide bonds.